The van der Waals surface area contributed by atoms with E-state index in [9.17, 15) is 0 Å². The van der Waals surface area contributed by atoms with E-state index in [1.807, 2.05) is 22.7 Å². The molecule has 1 aliphatic rings. The molecule has 130 valence electrons. The van der Waals surface area contributed by atoms with E-state index in [1.54, 1.807) is 6.07 Å². The fourth-order valence-electron chi connectivity index (χ4n) is 3.49. The van der Waals surface area contributed by atoms with E-state index in [0.29, 0.717) is 16.1 Å². The van der Waals surface area contributed by atoms with E-state index in [-0.39, 0.29) is 0 Å². The lowest BCUT2D eigenvalue weighted by atomic mass is 9.95. The highest BCUT2D eigenvalue weighted by molar-refractivity contribution is 14.1. The van der Waals surface area contributed by atoms with Gasteiger partial charge in [0.05, 0.1) is 10.0 Å². The van der Waals surface area contributed by atoms with Crippen LogP contribution in [0, 0.1) is 3.57 Å². The van der Waals surface area contributed by atoms with Gasteiger partial charge < -0.3 is 5.32 Å². The van der Waals surface area contributed by atoms with Crippen LogP contribution in [-0.2, 0) is 0 Å². The maximum absolute atomic E-state index is 6.42. The Morgan fingerprint density at radius 1 is 1.12 bits per heavy atom. The van der Waals surface area contributed by atoms with Gasteiger partial charge >= 0.3 is 0 Å². The van der Waals surface area contributed by atoms with E-state index in [2.05, 4.69) is 40.0 Å². The molecule has 3 nitrogen and oxygen atoms in total. The summed E-state index contributed by atoms with van der Waals surface area (Å²) < 4.78 is 3.16. The number of anilines is 1. The lowest BCUT2D eigenvalue weighted by molar-refractivity contribution is 0.462. The minimum atomic E-state index is 0.464. The topological polar surface area (TPSA) is 29.3 Å². The number of hydrogen-bond donors (Lipinski definition) is 1. The molecule has 2 heterocycles. The first-order chi connectivity index (χ1) is 12.1. The predicted octanol–water partition coefficient (Wildman–Crippen LogP) is 6.66. The summed E-state index contributed by atoms with van der Waals surface area (Å²) in [6.45, 7) is 0. The van der Waals surface area contributed by atoms with Crippen molar-refractivity contribution in [2.75, 3.05) is 5.32 Å². The van der Waals surface area contributed by atoms with Crippen LogP contribution < -0.4 is 5.32 Å². The second-order valence-corrected chi connectivity index (χ2v) is 8.47. The Hall–Kier alpha value is -0.980. The SMILES string of the molecule is Clc1cc(Cl)c2nc(-c3ccccc3I)c(NC3CCCCC3)n2c1. The normalized spacial score (nSPS) is 15.6. The monoisotopic (exact) mass is 485 g/mol. The molecule has 0 aliphatic heterocycles. The molecule has 1 fully saturated rings. The summed E-state index contributed by atoms with van der Waals surface area (Å²) in [6, 6.07) is 10.5. The molecule has 0 unspecified atom stereocenters. The Kier molecular flexibility index (Phi) is 5.11. The van der Waals surface area contributed by atoms with Gasteiger partial charge in [0, 0.05) is 21.4 Å². The van der Waals surface area contributed by atoms with Crippen LogP contribution in [0.25, 0.3) is 16.9 Å². The molecule has 6 heteroatoms. The van der Waals surface area contributed by atoms with Crippen LogP contribution in [0.4, 0.5) is 5.82 Å². The van der Waals surface area contributed by atoms with E-state index < -0.39 is 0 Å². The van der Waals surface area contributed by atoms with Crippen molar-refractivity contribution in [2.24, 2.45) is 0 Å². The van der Waals surface area contributed by atoms with Crippen molar-refractivity contribution in [2.45, 2.75) is 38.1 Å². The van der Waals surface area contributed by atoms with Crippen LogP contribution in [0.1, 0.15) is 32.1 Å². The van der Waals surface area contributed by atoms with E-state index >= 15 is 0 Å². The number of aromatic nitrogens is 2. The first-order valence-electron chi connectivity index (χ1n) is 8.52. The summed E-state index contributed by atoms with van der Waals surface area (Å²) in [4.78, 5) is 4.85. The van der Waals surface area contributed by atoms with Crippen LogP contribution in [0.3, 0.4) is 0 Å². The van der Waals surface area contributed by atoms with Crippen molar-refractivity contribution in [3.8, 4) is 11.3 Å². The van der Waals surface area contributed by atoms with Gasteiger partial charge in [-0.1, -0.05) is 60.7 Å². The van der Waals surface area contributed by atoms with Crippen molar-refractivity contribution < 1.29 is 0 Å². The third-order valence-corrected chi connectivity index (χ3v) is 6.14. The van der Waals surface area contributed by atoms with Gasteiger partial charge in [-0.15, -0.1) is 0 Å². The van der Waals surface area contributed by atoms with Crippen molar-refractivity contribution >= 4 is 57.3 Å². The van der Waals surface area contributed by atoms with Gasteiger partial charge in [0.1, 0.15) is 11.5 Å². The van der Waals surface area contributed by atoms with E-state index in [1.165, 1.54) is 32.1 Å². The summed E-state index contributed by atoms with van der Waals surface area (Å²) in [5.74, 6) is 0.982. The molecular weight excluding hydrogens is 468 g/mol. The third kappa shape index (κ3) is 3.49. The highest BCUT2D eigenvalue weighted by atomic mass is 127. The first-order valence-corrected chi connectivity index (χ1v) is 10.4. The summed E-state index contributed by atoms with van der Waals surface area (Å²) >= 11 is 15.0. The molecule has 2 aromatic heterocycles. The zero-order valence-corrected chi connectivity index (χ0v) is 17.3. The Balaban J connectivity index is 1.90. The minimum absolute atomic E-state index is 0.464. The second-order valence-electron chi connectivity index (χ2n) is 6.47. The molecule has 1 aromatic carbocycles. The Morgan fingerprint density at radius 3 is 2.64 bits per heavy atom. The van der Waals surface area contributed by atoms with Crippen molar-refractivity contribution in [1.82, 2.24) is 9.38 Å². The van der Waals surface area contributed by atoms with Gasteiger partial charge in [-0.05, 0) is 47.6 Å². The number of pyridine rings is 1. The molecule has 1 N–H and O–H groups in total. The lowest BCUT2D eigenvalue weighted by Gasteiger charge is -2.24. The van der Waals surface area contributed by atoms with Gasteiger partial charge in [0.15, 0.2) is 5.65 Å². The molecule has 0 saturated heterocycles. The average molecular weight is 486 g/mol. The molecule has 0 bridgehead atoms. The summed E-state index contributed by atoms with van der Waals surface area (Å²) in [7, 11) is 0. The summed E-state index contributed by atoms with van der Waals surface area (Å²) in [6.07, 6.45) is 8.13. The number of nitrogens with one attached hydrogen (secondary N) is 1. The molecule has 0 amide bonds. The van der Waals surface area contributed by atoms with Crippen molar-refractivity contribution in [1.29, 1.82) is 0 Å². The van der Waals surface area contributed by atoms with Crippen LogP contribution in [-0.4, -0.2) is 15.4 Å². The van der Waals surface area contributed by atoms with Crippen LogP contribution in [0.2, 0.25) is 10.0 Å². The Morgan fingerprint density at radius 2 is 1.88 bits per heavy atom. The van der Waals surface area contributed by atoms with Gasteiger partial charge in [-0.3, -0.25) is 4.40 Å². The molecule has 0 spiro atoms. The zero-order chi connectivity index (χ0) is 17.4. The average Bonchev–Trinajstić information content (AvgIpc) is 2.95. The molecule has 0 radical (unpaired) electrons. The maximum Gasteiger partial charge on any atom is 0.158 e. The van der Waals surface area contributed by atoms with Crippen molar-refractivity contribution in [3.63, 3.8) is 0 Å². The highest BCUT2D eigenvalue weighted by Crippen LogP contribution is 2.36. The largest absolute Gasteiger partial charge is 0.367 e. The summed E-state index contributed by atoms with van der Waals surface area (Å²) in [5, 5.41) is 4.91. The lowest BCUT2D eigenvalue weighted by Crippen LogP contribution is -2.23. The molecule has 4 rings (SSSR count). The molecule has 25 heavy (non-hydrogen) atoms. The molecule has 1 saturated carbocycles. The number of nitrogens with zero attached hydrogens (tertiary/aromatic N) is 2. The Labute approximate surface area is 170 Å². The number of benzene rings is 1. The quantitative estimate of drug-likeness (QED) is 0.420. The molecule has 3 aromatic rings. The number of imidazole rings is 1. The molecule has 1 aliphatic carbocycles. The standard InChI is InChI=1S/C19H18Cl2IN3/c20-12-10-15(21)18-24-17(14-8-4-5-9-16(14)22)19(25(18)11-12)23-13-6-2-1-3-7-13/h4-5,8-11,13,23H,1-3,6-7H2. The number of fused-ring (bicyclic) bond motifs is 1. The Bertz CT molecular complexity index is 916. The van der Waals surface area contributed by atoms with Gasteiger partial charge in [0.25, 0.3) is 0 Å². The first kappa shape index (κ1) is 17.4. The highest BCUT2D eigenvalue weighted by Gasteiger charge is 2.22. The van der Waals surface area contributed by atoms with Crippen molar-refractivity contribution in [3.05, 3.63) is 50.1 Å². The van der Waals surface area contributed by atoms with E-state index in [4.69, 9.17) is 28.2 Å². The second kappa shape index (κ2) is 7.33. The van der Waals surface area contributed by atoms with Gasteiger partial charge in [0.2, 0.25) is 0 Å². The van der Waals surface area contributed by atoms with E-state index in [0.717, 1.165) is 26.3 Å². The minimum Gasteiger partial charge on any atom is -0.367 e. The fraction of sp³-hybridized carbons (Fsp3) is 0.316. The van der Waals surface area contributed by atoms with Gasteiger partial charge in [-0.2, -0.15) is 0 Å². The number of rotatable bonds is 3. The smallest absolute Gasteiger partial charge is 0.158 e. The number of hydrogen-bond acceptors (Lipinski definition) is 2. The van der Waals surface area contributed by atoms with Crippen LogP contribution in [0.5, 0.6) is 0 Å². The zero-order valence-electron chi connectivity index (χ0n) is 13.6. The van der Waals surface area contributed by atoms with Crippen LogP contribution >= 0.6 is 45.8 Å². The predicted molar refractivity (Wildman–Crippen MR) is 114 cm³/mol. The van der Waals surface area contributed by atoms with Crippen LogP contribution in [0.15, 0.2) is 36.5 Å². The maximum atomic E-state index is 6.42. The van der Waals surface area contributed by atoms with Gasteiger partial charge in [-0.25, -0.2) is 4.98 Å². The fourth-order valence-corrected chi connectivity index (χ4v) is 4.65. The molecule has 0 atom stereocenters. The molecular formula is C19H18Cl2IN3. The summed E-state index contributed by atoms with van der Waals surface area (Å²) in [5.41, 5.74) is 2.77. The number of halogens is 3. The third-order valence-electron chi connectivity index (χ3n) is 4.72.